The molecule has 0 aliphatic heterocycles. The highest BCUT2D eigenvalue weighted by Gasteiger charge is 2.07. The van der Waals surface area contributed by atoms with Gasteiger partial charge in [-0.2, -0.15) is 0 Å². The zero-order valence-electron chi connectivity index (χ0n) is 16.5. The average Bonchev–Trinajstić information content (AvgIpc) is 2.70. The molecule has 146 valence electrons. The van der Waals surface area contributed by atoms with Crippen LogP contribution in [0.2, 0.25) is 0 Å². The zero-order chi connectivity index (χ0) is 19.8. The van der Waals surface area contributed by atoms with E-state index < -0.39 is 0 Å². The topological polar surface area (TPSA) is 68.3 Å². The predicted molar refractivity (Wildman–Crippen MR) is 113 cm³/mol. The second kappa shape index (κ2) is 9.60. The van der Waals surface area contributed by atoms with E-state index in [9.17, 15) is 0 Å². The minimum Gasteiger partial charge on any atom is -0.496 e. The Balaban J connectivity index is 1.68. The van der Waals surface area contributed by atoms with Crippen LogP contribution in [0.15, 0.2) is 54.6 Å². The number of ether oxygens (including phenoxy) is 2. The molecule has 0 fully saturated rings. The first-order valence-electron chi connectivity index (χ1n) is 9.40. The van der Waals surface area contributed by atoms with E-state index in [4.69, 9.17) is 9.47 Å². The molecule has 0 saturated carbocycles. The Labute approximate surface area is 166 Å². The number of para-hydroxylation sites is 3. The van der Waals surface area contributed by atoms with Crippen molar-refractivity contribution in [2.45, 2.75) is 20.3 Å². The molecule has 0 aliphatic rings. The summed E-state index contributed by atoms with van der Waals surface area (Å²) in [5.74, 6) is 3.89. The number of aryl methyl sites for hydroxylation is 1. The van der Waals surface area contributed by atoms with Crippen LogP contribution < -0.4 is 20.1 Å². The quantitative estimate of drug-likeness (QED) is 0.568. The van der Waals surface area contributed by atoms with E-state index in [2.05, 4.69) is 26.7 Å². The molecule has 2 aromatic carbocycles. The van der Waals surface area contributed by atoms with Gasteiger partial charge in [-0.15, -0.1) is 0 Å². The van der Waals surface area contributed by atoms with E-state index in [1.54, 1.807) is 7.11 Å². The van der Waals surface area contributed by atoms with E-state index in [0.29, 0.717) is 12.4 Å². The van der Waals surface area contributed by atoms with E-state index in [0.717, 1.165) is 47.4 Å². The second-order valence-electron chi connectivity index (χ2n) is 6.23. The molecule has 3 aromatic rings. The van der Waals surface area contributed by atoms with Gasteiger partial charge in [-0.3, -0.25) is 0 Å². The Kier molecular flexibility index (Phi) is 6.68. The van der Waals surface area contributed by atoms with Crippen molar-refractivity contribution in [1.29, 1.82) is 0 Å². The first-order valence-corrected chi connectivity index (χ1v) is 9.40. The van der Waals surface area contributed by atoms with Crippen LogP contribution in [0.5, 0.6) is 11.5 Å². The molecular weight excluding hydrogens is 352 g/mol. The fourth-order valence-electron chi connectivity index (χ4n) is 2.95. The van der Waals surface area contributed by atoms with E-state index in [1.807, 2.05) is 62.4 Å². The highest BCUT2D eigenvalue weighted by atomic mass is 16.5. The van der Waals surface area contributed by atoms with Crippen LogP contribution >= 0.6 is 0 Å². The molecule has 0 aliphatic carbocycles. The number of rotatable bonds is 9. The van der Waals surface area contributed by atoms with Gasteiger partial charge in [0.1, 0.15) is 29.0 Å². The SMILES string of the molecule is CCOc1ccccc1Nc1cc(NCCc2ccccc2OC)nc(C)n1. The number of nitrogens with one attached hydrogen (secondary N) is 2. The molecule has 6 nitrogen and oxygen atoms in total. The van der Waals surface area contributed by atoms with Crippen molar-refractivity contribution in [3.63, 3.8) is 0 Å². The number of hydrogen-bond acceptors (Lipinski definition) is 6. The fraction of sp³-hybridized carbons (Fsp3) is 0.273. The van der Waals surface area contributed by atoms with Gasteiger partial charge in [0, 0.05) is 12.6 Å². The smallest absolute Gasteiger partial charge is 0.142 e. The Morgan fingerprint density at radius 1 is 0.929 bits per heavy atom. The summed E-state index contributed by atoms with van der Waals surface area (Å²) >= 11 is 0. The van der Waals surface area contributed by atoms with Crippen LogP contribution in [0, 0.1) is 6.92 Å². The van der Waals surface area contributed by atoms with Crippen LogP contribution in [0.25, 0.3) is 0 Å². The summed E-state index contributed by atoms with van der Waals surface area (Å²) < 4.78 is 11.1. The van der Waals surface area contributed by atoms with E-state index in [1.165, 1.54) is 0 Å². The maximum atomic E-state index is 5.67. The summed E-state index contributed by atoms with van der Waals surface area (Å²) in [4.78, 5) is 8.97. The molecule has 0 radical (unpaired) electrons. The lowest BCUT2D eigenvalue weighted by molar-refractivity contribution is 0.342. The summed E-state index contributed by atoms with van der Waals surface area (Å²) in [7, 11) is 1.69. The summed E-state index contributed by atoms with van der Waals surface area (Å²) in [5.41, 5.74) is 2.04. The molecule has 6 heteroatoms. The molecule has 1 aromatic heterocycles. The number of methoxy groups -OCH3 is 1. The van der Waals surface area contributed by atoms with Crippen molar-refractivity contribution >= 4 is 17.3 Å². The van der Waals surface area contributed by atoms with Gasteiger partial charge in [0.25, 0.3) is 0 Å². The van der Waals surface area contributed by atoms with Gasteiger partial charge in [0.2, 0.25) is 0 Å². The largest absolute Gasteiger partial charge is 0.496 e. The number of anilines is 3. The average molecular weight is 378 g/mol. The van der Waals surface area contributed by atoms with Gasteiger partial charge in [-0.25, -0.2) is 9.97 Å². The molecule has 28 heavy (non-hydrogen) atoms. The molecule has 1 heterocycles. The molecular formula is C22H26N4O2. The van der Waals surface area contributed by atoms with Crippen LogP contribution in [0.3, 0.4) is 0 Å². The lowest BCUT2D eigenvalue weighted by Gasteiger charge is -2.13. The molecule has 0 amide bonds. The minimum absolute atomic E-state index is 0.608. The lowest BCUT2D eigenvalue weighted by Crippen LogP contribution is -2.09. The van der Waals surface area contributed by atoms with Crippen molar-refractivity contribution < 1.29 is 9.47 Å². The first kappa shape index (κ1) is 19.5. The Hall–Kier alpha value is -3.28. The third-order valence-electron chi connectivity index (χ3n) is 4.18. The van der Waals surface area contributed by atoms with Gasteiger partial charge in [0.15, 0.2) is 0 Å². The summed E-state index contributed by atoms with van der Waals surface area (Å²) in [6.07, 6.45) is 0.836. The number of aromatic nitrogens is 2. The van der Waals surface area contributed by atoms with Crippen molar-refractivity contribution in [3.8, 4) is 11.5 Å². The lowest BCUT2D eigenvalue weighted by atomic mass is 10.1. The van der Waals surface area contributed by atoms with Crippen LogP contribution in [-0.2, 0) is 6.42 Å². The number of hydrogen-bond donors (Lipinski definition) is 2. The second-order valence-corrected chi connectivity index (χ2v) is 6.23. The molecule has 0 saturated heterocycles. The van der Waals surface area contributed by atoms with Gasteiger partial charge in [0.05, 0.1) is 19.4 Å². The highest BCUT2D eigenvalue weighted by molar-refractivity contribution is 5.65. The summed E-state index contributed by atoms with van der Waals surface area (Å²) in [6.45, 7) is 5.20. The molecule has 0 spiro atoms. The Morgan fingerprint density at radius 2 is 1.64 bits per heavy atom. The molecule has 2 N–H and O–H groups in total. The maximum absolute atomic E-state index is 5.67. The third-order valence-corrected chi connectivity index (χ3v) is 4.18. The third kappa shape index (κ3) is 5.13. The van der Waals surface area contributed by atoms with Crippen molar-refractivity contribution in [2.24, 2.45) is 0 Å². The van der Waals surface area contributed by atoms with E-state index >= 15 is 0 Å². The van der Waals surface area contributed by atoms with Gasteiger partial charge in [-0.05, 0) is 44.0 Å². The van der Waals surface area contributed by atoms with E-state index in [-0.39, 0.29) is 0 Å². The van der Waals surface area contributed by atoms with Gasteiger partial charge < -0.3 is 20.1 Å². The first-order chi connectivity index (χ1) is 13.7. The van der Waals surface area contributed by atoms with Gasteiger partial charge >= 0.3 is 0 Å². The van der Waals surface area contributed by atoms with Crippen LogP contribution in [0.4, 0.5) is 17.3 Å². The van der Waals surface area contributed by atoms with Crippen LogP contribution in [-0.4, -0.2) is 30.2 Å². The Bertz CT molecular complexity index is 915. The highest BCUT2D eigenvalue weighted by Crippen LogP contribution is 2.27. The molecule has 3 rings (SSSR count). The van der Waals surface area contributed by atoms with Crippen molar-refractivity contribution in [1.82, 2.24) is 9.97 Å². The minimum atomic E-state index is 0.608. The van der Waals surface area contributed by atoms with Crippen molar-refractivity contribution in [3.05, 3.63) is 66.0 Å². The normalized spacial score (nSPS) is 10.4. The predicted octanol–water partition coefficient (Wildman–Crippen LogP) is 4.59. The number of benzene rings is 2. The standard InChI is InChI=1S/C22H26N4O2/c1-4-28-20-12-8-6-10-18(20)26-22-15-21(24-16(2)25-22)23-14-13-17-9-5-7-11-19(17)27-3/h5-12,15H,4,13-14H2,1-3H3,(H2,23,24,25,26). The fourth-order valence-corrected chi connectivity index (χ4v) is 2.95. The van der Waals surface area contributed by atoms with Crippen LogP contribution in [0.1, 0.15) is 18.3 Å². The molecule has 0 bridgehead atoms. The molecule has 0 atom stereocenters. The Morgan fingerprint density at radius 3 is 2.43 bits per heavy atom. The molecule has 0 unspecified atom stereocenters. The summed E-state index contributed by atoms with van der Waals surface area (Å²) in [5, 5.41) is 6.70. The monoisotopic (exact) mass is 378 g/mol. The van der Waals surface area contributed by atoms with Gasteiger partial charge in [-0.1, -0.05) is 30.3 Å². The van der Waals surface area contributed by atoms with Crippen molar-refractivity contribution in [2.75, 3.05) is 30.9 Å². The maximum Gasteiger partial charge on any atom is 0.142 e. The number of nitrogens with zero attached hydrogens (tertiary/aromatic N) is 2. The zero-order valence-corrected chi connectivity index (χ0v) is 16.5. The summed E-state index contributed by atoms with van der Waals surface area (Å²) in [6, 6.07) is 17.8.